The molecular weight excluding hydrogens is 220 g/mol. The molecule has 1 aromatic heterocycles. The summed E-state index contributed by atoms with van der Waals surface area (Å²) in [4.78, 5) is 8.69. The van der Waals surface area contributed by atoms with Crippen LogP contribution in [0.3, 0.4) is 0 Å². The van der Waals surface area contributed by atoms with Gasteiger partial charge in [0.25, 0.3) is 0 Å². The molecule has 6 heteroatoms. The van der Waals surface area contributed by atoms with Crippen LogP contribution in [-0.2, 0) is 4.74 Å². The van der Waals surface area contributed by atoms with E-state index in [0.717, 1.165) is 18.7 Å². The van der Waals surface area contributed by atoms with E-state index in [1.807, 2.05) is 6.92 Å². The van der Waals surface area contributed by atoms with Crippen molar-refractivity contribution in [2.24, 2.45) is 5.84 Å². The summed E-state index contributed by atoms with van der Waals surface area (Å²) in [6.45, 7) is 2.45. The van der Waals surface area contributed by atoms with E-state index < -0.39 is 0 Å². The van der Waals surface area contributed by atoms with Gasteiger partial charge >= 0.3 is 0 Å². The van der Waals surface area contributed by atoms with E-state index in [2.05, 4.69) is 15.4 Å². The van der Waals surface area contributed by atoms with Crippen LogP contribution in [0, 0.1) is 0 Å². The van der Waals surface area contributed by atoms with Gasteiger partial charge < -0.3 is 14.9 Å². The molecule has 0 aromatic carbocycles. The van der Waals surface area contributed by atoms with E-state index in [0.29, 0.717) is 24.2 Å². The highest BCUT2D eigenvalue weighted by molar-refractivity contribution is 5.38. The molecule has 1 aliphatic rings. The number of rotatable bonds is 6. The van der Waals surface area contributed by atoms with Crippen LogP contribution in [-0.4, -0.2) is 29.8 Å². The number of nitrogens with zero attached hydrogens (tertiary/aromatic N) is 2. The summed E-state index contributed by atoms with van der Waals surface area (Å²) >= 11 is 0. The molecule has 1 aromatic rings. The summed E-state index contributed by atoms with van der Waals surface area (Å²) in [6.07, 6.45) is 2.23. The second kappa shape index (κ2) is 5.29. The molecule has 0 radical (unpaired) electrons. The van der Waals surface area contributed by atoms with Gasteiger partial charge in [-0.25, -0.2) is 10.8 Å². The number of nitrogen functional groups attached to an aromatic ring is 1. The first-order valence-corrected chi connectivity index (χ1v) is 5.74. The largest absolute Gasteiger partial charge is 0.472 e. The molecule has 2 rings (SSSR count). The van der Waals surface area contributed by atoms with E-state index >= 15 is 0 Å². The Kier molecular flexibility index (Phi) is 3.75. The Balaban J connectivity index is 2.11. The van der Waals surface area contributed by atoms with Crippen molar-refractivity contribution in [1.82, 2.24) is 9.97 Å². The number of ether oxygens (including phenoxy) is 2. The number of anilines is 1. The van der Waals surface area contributed by atoms with Crippen LogP contribution in [0.2, 0.25) is 0 Å². The molecule has 1 unspecified atom stereocenters. The molecule has 0 spiro atoms. The molecule has 3 N–H and O–H groups in total. The minimum absolute atomic E-state index is 0.0485. The normalized spacial score (nSPS) is 16.6. The van der Waals surface area contributed by atoms with E-state index in [9.17, 15) is 0 Å². The number of nitrogens with one attached hydrogen (secondary N) is 1. The number of aromatic nitrogens is 2. The minimum atomic E-state index is -0.0485. The van der Waals surface area contributed by atoms with Gasteiger partial charge in [-0.1, -0.05) is 0 Å². The maximum absolute atomic E-state index is 5.64. The fraction of sp³-hybridized carbons (Fsp3) is 0.636. The van der Waals surface area contributed by atoms with Gasteiger partial charge in [0, 0.05) is 19.1 Å². The van der Waals surface area contributed by atoms with E-state index in [-0.39, 0.29) is 6.10 Å². The number of hydrogen-bond donors (Lipinski definition) is 2. The van der Waals surface area contributed by atoms with Crippen molar-refractivity contribution in [3.63, 3.8) is 0 Å². The van der Waals surface area contributed by atoms with Gasteiger partial charge in [0.15, 0.2) is 0 Å². The van der Waals surface area contributed by atoms with Gasteiger partial charge in [0.1, 0.15) is 17.7 Å². The lowest BCUT2D eigenvalue weighted by Crippen LogP contribution is -2.19. The van der Waals surface area contributed by atoms with Gasteiger partial charge in [0.2, 0.25) is 5.88 Å². The van der Waals surface area contributed by atoms with Gasteiger partial charge in [-0.15, -0.1) is 0 Å². The van der Waals surface area contributed by atoms with Gasteiger partial charge in [-0.3, -0.25) is 0 Å². The molecule has 0 bridgehead atoms. The Hall–Kier alpha value is -1.40. The standard InChI is InChI=1S/C11H18N4O2/c1-7(6-16-2)17-10-5-9(15-12)13-11(14-10)8-3-4-8/h5,7-8H,3-4,6,12H2,1-2H3,(H,13,14,15). The number of nitrogens with two attached hydrogens (primary N) is 1. The lowest BCUT2D eigenvalue weighted by molar-refractivity contribution is 0.0887. The number of hydrazine groups is 1. The fourth-order valence-corrected chi connectivity index (χ4v) is 1.58. The number of hydrogen-bond acceptors (Lipinski definition) is 6. The molecule has 17 heavy (non-hydrogen) atoms. The van der Waals surface area contributed by atoms with Crippen LogP contribution >= 0.6 is 0 Å². The summed E-state index contributed by atoms with van der Waals surface area (Å²) in [5, 5.41) is 0. The zero-order valence-electron chi connectivity index (χ0n) is 10.1. The highest BCUT2D eigenvalue weighted by Crippen LogP contribution is 2.39. The lowest BCUT2D eigenvalue weighted by atomic mass is 10.4. The van der Waals surface area contributed by atoms with Crippen molar-refractivity contribution in [2.45, 2.75) is 31.8 Å². The second-order valence-corrected chi connectivity index (χ2v) is 4.25. The minimum Gasteiger partial charge on any atom is -0.472 e. The molecule has 1 atom stereocenters. The fourth-order valence-electron chi connectivity index (χ4n) is 1.58. The van der Waals surface area contributed by atoms with Crippen LogP contribution in [0.15, 0.2) is 6.07 Å². The SMILES string of the molecule is COCC(C)Oc1cc(NN)nc(C2CC2)n1. The van der Waals surface area contributed by atoms with Gasteiger partial charge in [-0.05, 0) is 19.8 Å². The third kappa shape index (κ3) is 3.28. The summed E-state index contributed by atoms with van der Waals surface area (Å²) in [5.41, 5.74) is 2.53. The summed E-state index contributed by atoms with van der Waals surface area (Å²) < 4.78 is 10.7. The van der Waals surface area contributed by atoms with Crippen molar-refractivity contribution in [1.29, 1.82) is 0 Å². The predicted molar refractivity (Wildman–Crippen MR) is 63.8 cm³/mol. The van der Waals surface area contributed by atoms with Crippen molar-refractivity contribution in [3.8, 4) is 5.88 Å². The maximum atomic E-state index is 5.64. The van der Waals surface area contributed by atoms with Gasteiger partial charge in [-0.2, -0.15) is 4.98 Å². The zero-order chi connectivity index (χ0) is 12.3. The quantitative estimate of drug-likeness (QED) is 0.569. The van der Waals surface area contributed by atoms with Crippen LogP contribution < -0.4 is 16.0 Å². The Labute approximate surface area is 101 Å². The molecular formula is C11H18N4O2. The first-order valence-electron chi connectivity index (χ1n) is 5.74. The van der Waals surface area contributed by atoms with Gasteiger partial charge in [0.05, 0.1) is 6.61 Å². The average molecular weight is 238 g/mol. The van der Waals surface area contributed by atoms with Crippen molar-refractivity contribution in [3.05, 3.63) is 11.9 Å². The maximum Gasteiger partial charge on any atom is 0.219 e. The van der Waals surface area contributed by atoms with Crippen molar-refractivity contribution >= 4 is 5.82 Å². The molecule has 1 heterocycles. The topological polar surface area (TPSA) is 82.3 Å². The van der Waals surface area contributed by atoms with E-state index in [1.165, 1.54) is 0 Å². The third-order valence-electron chi connectivity index (χ3n) is 2.53. The van der Waals surface area contributed by atoms with Crippen molar-refractivity contribution < 1.29 is 9.47 Å². The third-order valence-corrected chi connectivity index (χ3v) is 2.53. The first-order chi connectivity index (χ1) is 8.22. The summed E-state index contributed by atoms with van der Waals surface area (Å²) in [5.74, 6) is 7.77. The second-order valence-electron chi connectivity index (χ2n) is 4.25. The zero-order valence-corrected chi connectivity index (χ0v) is 10.1. The first kappa shape index (κ1) is 12.1. The Morgan fingerprint density at radius 2 is 2.29 bits per heavy atom. The van der Waals surface area contributed by atoms with Crippen LogP contribution in [0.5, 0.6) is 5.88 Å². The van der Waals surface area contributed by atoms with Crippen LogP contribution in [0.25, 0.3) is 0 Å². The van der Waals surface area contributed by atoms with E-state index in [4.69, 9.17) is 15.3 Å². The molecule has 94 valence electrons. The summed E-state index contributed by atoms with van der Waals surface area (Å²) in [6, 6.07) is 1.69. The molecule has 1 aliphatic carbocycles. The highest BCUT2D eigenvalue weighted by atomic mass is 16.5. The number of methoxy groups -OCH3 is 1. The summed E-state index contributed by atoms with van der Waals surface area (Å²) in [7, 11) is 1.64. The van der Waals surface area contributed by atoms with Crippen LogP contribution in [0.4, 0.5) is 5.82 Å². The van der Waals surface area contributed by atoms with Crippen LogP contribution in [0.1, 0.15) is 31.5 Å². The van der Waals surface area contributed by atoms with E-state index in [1.54, 1.807) is 13.2 Å². The lowest BCUT2D eigenvalue weighted by Gasteiger charge is -2.14. The molecule has 1 saturated carbocycles. The van der Waals surface area contributed by atoms with Crippen molar-refractivity contribution in [2.75, 3.05) is 19.1 Å². The Morgan fingerprint density at radius 1 is 1.53 bits per heavy atom. The molecule has 1 fully saturated rings. The molecule has 6 nitrogen and oxygen atoms in total. The monoisotopic (exact) mass is 238 g/mol. The Bertz CT molecular complexity index is 382. The smallest absolute Gasteiger partial charge is 0.219 e. The highest BCUT2D eigenvalue weighted by Gasteiger charge is 2.27. The average Bonchev–Trinajstić information content (AvgIpc) is 3.12. The predicted octanol–water partition coefficient (Wildman–Crippen LogP) is 1.05. The molecule has 0 saturated heterocycles. The molecule has 0 amide bonds. The Morgan fingerprint density at radius 3 is 2.88 bits per heavy atom. The molecule has 0 aliphatic heterocycles.